The van der Waals surface area contributed by atoms with E-state index >= 15 is 0 Å². The van der Waals surface area contributed by atoms with Crippen LogP contribution in [-0.4, -0.2) is 25.3 Å². The minimum Gasteiger partial charge on any atom is -0.458 e. The van der Waals surface area contributed by atoms with Gasteiger partial charge in [0.25, 0.3) is 0 Å². The molecule has 6 heteroatoms. The monoisotopic (exact) mass is 285 g/mol. The fourth-order valence-corrected chi connectivity index (χ4v) is 0.511. The Morgan fingerprint density at radius 3 is 2.25 bits per heavy atom. The molecule has 0 aromatic heterocycles. The zero-order valence-electron chi connectivity index (χ0n) is 6.21. The van der Waals surface area contributed by atoms with Crippen molar-refractivity contribution in [3.05, 3.63) is 10.2 Å². The van der Waals surface area contributed by atoms with Gasteiger partial charge in [-0.05, 0) is 22.6 Å². The number of hydrogen-bond donors (Lipinski definition) is 1. The van der Waals surface area contributed by atoms with Crippen molar-refractivity contribution >= 4 is 34.7 Å². The summed E-state index contributed by atoms with van der Waals surface area (Å²) in [6.07, 6.45) is -0.889. The van der Waals surface area contributed by atoms with E-state index in [0.29, 0.717) is 0 Å². The van der Waals surface area contributed by atoms with Crippen molar-refractivity contribution in [2.45, 2.75) is 0 Å². The van der Waals surface area contributed by atoms with Crippen molar-refractivity contribution in [2.75, 3.05) is 13.2 Å². The largest absolute Gasteiger partial charge is 0.458 e. The number of amides is 1. The Kier molecular flexibility index (Phi) is 5.43. The van der Waals surface area contributed by atoms with Gasteiger partial charge >= 0.3 is 12.1 Å². The van der Waals surface area contributed by atoms with Crippen LogP contribution >= 0.6 is 22.6 Å². The van der Waals surface area contributed by atoms with Crippen molar-refractivity contribution in [3.63, 3.8) is 0 Å². The predicted molar refractivity (Wildman–Crippen MR) is 49.7 cm³/mol. The molecule has 2 N–H and O–H groups in total. The van der Waals surface area contributed by atoms with Gasteiger partial charge in [-0.2, -0.15) is 0 Å². The number of primary amides is 1. The molecule has 0 aromatic rings. The standard InChI is InChI=1S/C6H8INO4/c1-4(7)5(9)11-2-3-12-6(8)10/h1-3H2,(H2,8,10). The van der Waals surface area contributed by atoms with Crippen LogP contribution in [0.4, 0.5) is 4.79 Å². The number of esters is 1. The van der Waals surface area contributed by atoms with Crippen LogP contribution in [-0.2, 0) is 14.3 Å². The SMILES string of the molecule is C=C(I)C(=O)OCCOC(N)=O. The summed E-state index contributed by atoms with van der Waals surface area (Å²) in [4.78, 5) is 20.7. The minimum atomic E-state index is -0.889. The third-order valence-electron chi connectivity index (χ3n) is 0.782. The van der Waals surface area contributed by atoms with Crippen molar-refractivity contribution in [1.82, 2.24) is 0 Å². The molecule has 0 aliphatic rings. The average molecular weight is 285 g/mol. The summed E-state index contributed by atoms with van der Waals surface area (Å²) in [5.41, 5.74) is 4.65. The Hall–Kier alpha value is -0.790. The second-order valence-electron chi connectivity index (χ2n) is 1.71. The van der Waals surface area contributed by atoms with Crippen LogP contribution < -0.4 is 5.73 Å². The lowest BCUT2D eigenvalue weighted by molar-refractivity contribution is -0.138. The zero-order chi connectivity index (χ0) is 9.56. The summed E-state index contributed by atoms with van der Waals surface area (Å²) >= 11 is 1.73. The van der Waals surface area contributed by atoms with Crippen LogP contribution in [0, 0.1) is 0 Å². The molecule has 12 heavy (non-hydrogen) atoms. The maximum atomic E-state index is 10.7. The molecular weight excluding hydrogens is 277 g/mol. The Labute approximate surface area is 83.0 Å². The molecular formula is C6H8INO4. The topological polar surface area (TPSA) is 78.6 Å². The summed E-state index contributed by atoms with van der Waals surface area (Å²) in [5.74, 6) is -0.524. The quantitative estimate of drug-likeness (QED) is 0.354. The van der Waals surface area contributed by atoms with Crippen LogP contribution in [0.1, 0.15) is 0 Å². The molecule has 0 saturated carbocycles. The molecule has 0 aliphatic heterocycles. The highest BCUT2D eigenvalue weighted by Crippen LogP contribution is 2.03. The lowest BCUT2D eigenvalue weighted by atomic mass is 10.6. The van der Waals surface area contributed by atoms with Crippen LogP contribution in [0.15, 0.2) is 10.2 Å². The normalized spacial score (nSPS) is 8.75. The fraction of sp³-hybridized carbons (Fsp3) is 0.333. The molecule has 0 aliphatic carbocycles. The van der Waals surface area contributed by atoms with E-state index in [1.54, 1.807) is 22.6 Å². The van der Waals surface area contributed by atoms with Gasteiger partial charge in [-0.25, -0.2) is 9.59 Å². The minimum absolute atomic E-state index is 0.0101. The summed E-state index contributed by atoms with van der Waals surface area (Å²) < 4.78 is 9.15. The van der Waals surface area contributed by atoms with E-state index < -0.39 is 12.1 Å². The second-order valence-corrected chi connectivity index (χ2v) is 3.01. The number of halogens is 1. The van der Waals surface area contributed by atoms with Gasteiger partial charge < -0.3 is 15.2 Å². The molecule has 0 rings (SSSR count). The van der Waals surface area contributed by atoms with E-state index in [1.165, 1.54) is 0 Å². The third kappa shape index (κ3) is 5.96. The Morgan fingerprint density at radius 2 is 1.83 bits per heavy atom. The average Bonchev–Trinajstić information content (AvgIpc) is 1.97. The number of nitrogens with two attached hydrogens (primary N) is 1. The Balaban J connectivity index is 3.38. The highest BCUT2D eigenvalue weighted by atomic mass is 127. The summed E-state index contributed by atoms with van der Waals surface area (Å²) in [6, 6.07) is 0. The van der Waals surface area contributed by atoms with E-state index in [1.807, 2.05) is 0 Å². The van der Waals surface area contributed by atoms with Crippen molar-refractivity contribution in [2.24, 2.45) is 5.73 Å². The van der Waals surface area contributed by atoms with E-state index in [-0.39, 0.29) is 16.8 Å². The van der Waals surface area contributed by atoms with E-state index in [2.05, 4.69) is 21.8 Å². The molecule has 5 nitrogen and oxygen atoms in total. The van der Waals surface area contributed by atoms with Crippen molar-refractivity contribution in [1.29, 1.82) is 0 Å². The Morgan fingerprint density at radius 1 is 1.33 bits per heavy atom. The zero-order valence-corrected chi connectivity index (χ0v) is 8.37. The molecule has 0 saturated heterocycles. The number of ether oxygens (including phenoxy) is 2. The van der Waals surface area contributed by atoms with Gasteiger partial charge in [0, 0.05) is 0 Å². The molecule has 0 bridgehead atoms. The highest BCUT2D eigenvalue weighted by molar-refractivity contribution is 14.1. The first kappa shape index (κ1) is 11.2. The van der Waals surface area contributed by atoms with Gasteiger partial charge in [-0.3, -0.25) is 0 Å². The van der Waals surface area contributed by atoms with E-state index in [9.17, 15) is 9.59 Å². The number of carbonyl (C=O) groups is 2. The van der Waals surface area contributed by atoms with Gasteiger partial charge in [0.1, 0.15) is 13.2 Å². The van der Waals surface area contributed by atoms with Crippen LogP contribution in [0.25, 0.3) is 0 Å². The van der Waals surface area contributed by atoms with Crippen LogP contribution in [0.2, 0.25) is 0 Å². The van der Waals surface area contributed by atoms with Crippen LogP contribution in [0.3, 0.4) is 0 Å². The molecule has 0 heterocycles. The maximum Gasteiger partial charge on any atom is 0.404 e. The molecule has 0 fully saturated rings. The molecule has 68 valence electrons. The number of rotatable bonds is 4. The van der Waals surface area contributed by atoms with Crippen molar-refractivity contribution < 1.29 is 19.1 Å². The molecule has 0 unspecified atom stereocenters. The van der Waals surface area contributed by atoms with Gasteiger partial charge in [0.15, 0.2) is 0 Å². The van der Waals surface area contributed by atoms with Gasteiger partial charge in [-0.1, -0.05) is 6.58 Å². The van der Waals surface area contributed by atoms with Crippen molar-refractivity contribution in [3.8, 4) is 0 Å². The first-order valence-electron chi connectivity index (χ1n) is 2.98. The molecule has 0 aromatic carbocycles. The molecule has 0 radical (unpaired) electrons. The second kappa shape index (κ2) is 5.81. The van der Waals surface area contributed by atoms with Gasteiger partial charge in [0.2, 0.25) is 0 Å². The predicted octanol–water partition coefficient (Wildman–Crippen LogP) is 0.574. The molecule has 1 amide bonds. The maximum absolute atomic E-state index is 10.7. The summed E-state index contributed by atoms with van der Waals surface area (Å²) in [7, 11) is 0. The lowest BCUT2D eigenvalue weighted by Crippen LogP contribution is -2.17. The fourth-order valence-electron chi connectivity index (χ4n) is 0.355. The van der Waals surface area contributed by atoms with E-state index in [4.69, 9.17) is 0 Å². The first-order valence-corrected chi connectivity index (χ1v) is 4.05. The van der Waals surface area contributed by atoms with Gasteiger partial charge in [0.05, 0.1) is 3.58 Å². The first-order chi connectivity index (χ1) is 5.54. The van der Waals surface area contributed by atoms with E-state index in [0.717, 1.165) is 0 Å². The van der Waals surface area contributed by atoms with Gasteiger partial charge in [-0.15, -0.1) is 0 Å². The number of carbonyl (C=O) groups excluding carboxylic acids is 2. The highest BCUT2D eigenvalue weighted by Gasteiger charge is 2.03. The summed E-state index contributed by atoms with van der Waals surface area (Å²) in [5, 5.41) is 0. The van der Waals surface area contributed by atoms with Crippen LogP contribution in [0.5, 0.6) is 0 Å². The summed E-state index contributed by atoms with van der Waals surface area (Å²) in [6.45, 7) is 3.30. The third-order valence-corrected chi connectivity index (χ3v) is 1.22. The Bertz CT molecular complexity index is 204. The smallest absolute Gasteiger partial charge is 0.404 e. The molecule has 0 spiro atoms. The number of hydrogen-bond acceptors (Lipinski definition) is 4. The molecule has 0 atom stereocenters. The lowest BCUT2D eigenvalue weighted by Gasteiger charge is -2.02.